The Hall–Kier alpha value is -2.99. The van der Waals surface area contributed by atoms with Crippen molar-refractivity contribution in [3.63, 3.8) is 0 Å². The van der Waals surface area contributed by atoms with Crippen molar-refractivity contribution in [1.29, 1.82) is 0 Å². The van der Waals surface area contributed by atoms with E-state index in [-0.39, 0.29) is 17.3 Å². The molecule has 0 spiro atoms. The van der Waals surface area contributed by atoms with Gasteiger partial charge in [-0.1, -0.05) is 36.4 Å². The van der Waals surface area contributed by atoms with E-state index in [9.17, 15) is 21.6 Å². The molecule has 1 saturated heterocycles. The van der Waals surface area contributed by atoms with E-state index in [1.807, 2.05) is 30.3 Å². The Morgan fingerprint density at radius 2 is 1.63 bits per heavy atom. The van der Waals surface area contributed by atoms with Gasteiger partial charge in [0.15, 0.2) is 0 Å². The first kappa shape index (κ1) is 25.1. The number of fused-ring (bicyclic) bond motifs is 1. The minimum absolute atomic E-state index is 0.0596. The highest BCUT2D eigenvalue weighted by molar-refractivity contribution is 7.92. The van der Waals surface area contributed by atoms with E-state index in [4.69, 9.17) is 0 Å². The highest BCUT2D eigenvalue weighted by Gasteiger charge is 2.33. The number of carbonyl (C=O) groups is 1. The fraction of sp³-hybridized carbons (Fsp3) is 0.292. The molecule has 35 heavy (non-hydrogen) atoms. The van der Waals surface area contributed by atoms with Gasteiger partial charge in [0.1, 0.15) is 0 Å². The summed E-state index contributed by atoms with van der Waals surface area (Å²) >= 11 is 0. The first-order valence-corrected chi connectivity index (χ1v) is 14.0. The topological polar surface area (TPSA) is 116 Å². The van der Waals surface area contributed by atoms with Crippen LogP contribution in [0.2, 0.25) is 0 Å². The van der Waals surface area contributed by atoms with Crippen LogP contribution in [0, 0.1) is 5.92 Å². The largest absolute Gasteiger partial charge is 0.326 e. The summed E-state index contributed by atoms with van der Waals surface area (Å²) in [5, 5.41) is 4.49. The van der Waals surface area contributed by atoms with Crippen LogP contribution >= 0.6 is 0 Å². The molecule has 0 radical (unpaired) electrons. The van der Waals surface area contributed by atoms with Gasteiger partial charge >= 0.3 is 0 Å². The summed E-state index contributed by atoms with van der Waals surface area (Å²) in [6, 6.07) is 18.8. The molecular weight excluding hydrogens is 488 g/mol. The molecule has 1 aliphatic rings. The van der Waals surface area contributed by atoms with Gasteiger partial charge in [-0.25, -0.2) is 8.42 Å². The molecule has 2 N–H and O–H groups in total. The number of benzene rings is 3. The third-order valence-electron chi connectivity index (χ3n) is 6.01. The number of anilines is 2. The van der Waals surface area contributed by atoms with Crippen LogP contribution < -0.4 is 10.0 Å². The molecule has 1 unspecified atom stereocenters. The van der Waals surface area contributed by atoms with E-state index in [2.05, 4.69) is 10.0 Å². The van der Waals surface area contributed by atoms with E-state index in [0.717, 1.165) is 15.1 Å². The quantitative estimate of drug-likeness (QED) is 0.501. The molecule has 11 heteroatoms. The highest BCUT2D eigenvalue weighted by atomic mass is 32.2. The minimum atomic E-state index is -3.84. The predicted molar refractivity (Wildman–Crippen MR) is 137 cm³/mol. The van der Waals surface area contributed by atoms with Gasteiger partial charge in [-0.3, -0.25) is 9.52 Å². The number of hydrogen-bond donors (Lipinski definition) is 2. The van der Waals surface area contributed by atoms with E-state index in [0.29, 0.717) is 30.8 Å². The summed E-state index contributed by atoms with van der Waals surface area (Å²) < 4.78 is 55.8. The van der Waals surface area contributed by atoms with Crippen molar-refractivity contribution in [1.82, 2.24) is 8.61 Å². The third-order valence-corrected chi connectivity index (χ3v) is 9.30. The Morgan fingerprint density at radius 3 is 2.34 bits per heavy atom. The Balaban J connectivity index is 1.44. The fourth-order valence-corrected chi connectivity index (χ4v) is 6.35. The molecule has 0 saturated carbocycles. The molecule has 9 nitrogen and oxygen atoms in total. The number of nitrogens with one attached hydrogen (secondary N) is 2. The lowest BCUT2D eigenvalue weighted by molar-refractivity contribution is -0.120. The van der Waals surface area contributed by atoms with Gasteiger partial charge in [0, 0.05) is 38.3 Å². The lowest BCUT2D eigenvalue weighted by Gasteiger charge is -2.32. The molecular formula is C24H28N4O5S2. The lowest BCUT2D eigenvalue weighted by Crippen LogP contribution is -2.47. The summed E-state index contributed by atoms with van der Waals surface area (Å²) in [5.41, 5.74) is 0.918. The van der Waals surface area contributed by atoms with Gasteiger partial charge < -0.3 is 5.32 Å². The van der Waals surface area contributed by atoms with Crippen LogP contribution in [0.25, 0.3) is 10.8 Å². The van der Waals surface area contributed by atoms with E-state index < -0.39 is 26.2 Å². The SMILES string of the molecule is CN(C)S(=O)(=O)N1CCCC(C(=O)Nc2ccc(S(=O)(=O)Nc3cccc4ccccc34)cc2)C1. The number of carbonyl (C=O) groups excluding carboxylic acids is 1. The van der Waals surface area contributed by atoms with Gasteiger partial charge in [0.25, 0.3) is 20.2 Å². The number of rotatable bonds is 7. The zero-order valence-corrected chi connectivity index (χ0v) is 21.1. The van der Waals surface area contributed by atoms with Crippen molar-refractivity contribution < 1.29 is 21.6 Å². The van der Waals surface area contributed by atoms with E-state index >= 15 is 0 Å². The first-order chi connectivity index (χ1) is 16.6. The molecule has 1 atom stereocenters. The van der Waals surface area contributed by atoms with E-state index in [1.54, 1.807) is 12.1 Å². The maximum atomic E-state index is 12.9. The third kappa shape index (κ3) is 5.48. The second-order valence-corrected chi connectivity index (χ2v) is 12.5. The molecule has 1 amide bonds. The summed E-state index contributed by atoms with van der Waals surface area (Å²) in [6.45, 7) is 0.480. The van der Waals surface area contributed by atoms with Crippen molar-refractivity contribution in [2.24, 2.45) is 5.92 Å². The van der Waals surface area contributed by atoms with Crippen molar-refractivity contribution >= 4 is 48.3 Å². The van der Waals surface area contributed by atoms with Crippen molar-refractivity contribution in [2.45, 2.75) is 17.7 Å². The number of amides is 1. The molecule has 186 valence electrons. The second-order valence-electron chi connectivity index (χ2n) is 8.63. The summed E-state index contributed by atoms with van der Waals surface area (Å²) in [6.07, 6.45) is 1.16. The second kappa shape index (κ2) is 9.94. The minimum Gasteiger partial charge on any atom is -0.326 e. The van der Waals surface area contributed by atoms with Crippen LogP contribution in [0.1, 0.15) is 12.8 Å². The van der Waals surface area contributed by atoms with Crippen LogP contribution in [-0.2, 0) is 25.0 Å². The number of piperidine rings is 1. The Kier molecular flexibility index (Phi) is 7.13. The average Bonchev–Trinajstić information content (AvgIpc) is 2.84. The number of hydrogen-bond acceptors (Lipinski definition) is 5. The van der Waals surface area contributed by atoms with Crippen LogP contribution in [0.4, 0.5) is 11.4 Å². The van der Waals surface area contributed by atoms with Crippen molar-refractivity contribution in [3.05, 3.63) is 66.7 Å². The molecule has 0 aliphatic carbocycles. The summed E-state index contributed by atoms with van der Waals surface area (Å²) in [5.74, 6) is -0.789. The molecule has 0 bridgehead atoms. The molecule has 3 aromatic rings. The summed E-state index contributed by atoms with van der Waals surface area (Å²) in [7, 11) is -4.51. The normalized spacial score (nSPS) is 17.4. The Bertz CT molecular complexity index is 1430. The van der Waals surface area contributed by atoms with Gasteiger partial charge in [0.2, 0.25) is 5.91 Å². The van der Waals surface area contributed by atoms with Crippen LogP contribution in [-0.4, -0.2) is 58.5 Å². The van der Waals surface area contributed by atoms with Crippen LogP contribution in [0.15, 0.2) is 71.6 Å². The lowest BCUT2D eigenvalue weighted by atomic mass is 9.99. The first-order valence-electron chi connectivity index (χ1n) is 11.2. The molecule has 3 aromatic carbocycles. The molecule has 1 aliphatic heterocycles. The molecule has 4 rings (SSSR count). The van der Waals surface area contributed by atoms with Gasteiger partial charge in [0.05, 0.1) is 16.5 Å². The van der Waals surface area contributed by atoms with Crippen molar-refractivity contribution in [2.75, 3.05) is 37.2 Å². The van der Waals surface area contributed by atoms with Crippen LogP contribution in [0.5, 0.6) is 0 Å². The van der Waals surface area contributed by atoms with Crippen molar-refractivity contribution in [3.8, 4) is 0 Å². The average molecular weight is 517 g/mol. The number of sulfonamides is 1. The van der Waals surface area contributed by atoms with Crippen LogP contribution in [0.3, 0.4) is 0 Å². The summed E-state index contributed by atoms with van der Waals surface area (Å²) in [4.78, 5) is 12.8. The van der Waals surface area contributed by atoms with Gasteiger partial charge in [-0.05, 0) is 48.6 Å². The fourth-order valence-electron chi connectivity index (χ4n) is 4.08. The Morgan fingerprint density at radius 1 is 0.943 bits per heavy atom. The highest BCUT2D eigenvalue weighted by Crippen LogP contribution is 2.26. The number of nitrogens with zero attached hydrogens (tertiary/aromatic N) is 2. The molecule has 1 fully saturated rings. The zero-order chi connectivity index (χ0) is 25.2. The van der Waals surface area contributed by atoms with E-state index in [1.165, 1.54) is 42.7 Å². The molecule has 1 heterocycles. The predicted octanol–water partition coefficient (Wildman–Crippen LogP) is 3.10. The van der Waals surface area contributed by atoms with Gasteiger partial charge in [-0.2, -0.15) is 17.0 Å². The maximum absolute atomic E-state index is 12.9. The monoisotopic (exact) mass is 516 g/mol. The maximum Gasteiger partial charge on any atom is 0.281 e. The van der Waals surface area contributed by atoms with Gasteiger partial charge in [-0.15, -0.1) is 0 Å². The molecule has 0 aromatic heterocycles. The Labute approximate surface area is 206 Å². The standard InChI is InChI=1S/C24H28N4O5S2/c1-27(2)35(32,33)28-16-6-9-19(17-28)24(29)25-20-12-14-21(15-13-20)34(30,31)26-23-11-5-8-18-7-3-4-10-22(18)23/h3-5,7-8,10-15,19,26H,6,9,16-17H2,1-2H3,(H,25,29). The smallest absolute Gasteiger partial charge is 0.281 e. The zero-order valence-electron chi connectivity index (χ0n) is 19.5.